The number of esters is 1. The van der Waals surface area contributed by atoms with E-state index in [-0.39, 0.29) is 5.97 Å². The Morgan fingerprint density at radius 3 is 3.05 bits per heavy atom. The van der Waals surface area contributed by atoms with Crippen molar-refractivity contribution < 1.29 is 9.53 Å². The van der Waals surface area contributed by atoms with Crippen LogP contribution in [0.3, 0.4) is 0 Å². The quantitative estimate of drug-likeness (QED) is 0.777. The van der Waals surface area contributed by atoms with Crippen molar-refractivity contribution in [3.8, 4) is 0 Å². The fraction of sp³-hybridized carbons (Fsp3) is 0.500. The van der Waals surface area contributed by atoms with Gasteiger partial charge in [-0.25, -0.2) is 14.3 Å². The summed E-state index contributed by atoms with van der Waals surface area (Å²) in [5, 5.41) is 4.13. The van der Waals surface area contributed by atoms with E-state index in [1.807, 2.05) is 19.3 Å². The molecule has 0 unspecified atom stereocenters. The van der Waals surface area contributed by atoms with Gasteiger partial charge in [0.2, 0.25) is 0 Å². The molecule has 1 aliphatic carbocycles. The van der Waals surface area contributed by atoms with E-state index in [9.17, 15) is 4.79 Å². The van der Waals surface area contributed by atoms with Gasteiger partial charge in [-0.1, -0.05) is 0 Å². The number of carbonyl (C=O) groups excluding carboxylic acids is 1. The Hall–Kier alpha value is -2.11. The maximum atomic E-state index is 11.9. The van der Waals surface area contributed by atoms with Crippen molar-refractivity contribution in [1.29, 1.82) is 0 Å². The highest BCUT2D eigenvalue weighted by molar-refractivity contribution is 5.95. The Kier molecular flexibility index (Phi) is 3.30. The molecule has 0 saturated heterocycles. The summed E-state index contributed by atoms with van der Waals surface area (Å²) in [5.74, 6) is 1.26. The van der Waals surface area contributed by atoms with Crippen LogP contribution in [0.15, 0.2) is 18.5 Å². The Balaban J connectivity index is 1.91. The van der Waals surface area contributed by atoms with Gasteiger partial charge in [-0.2, -0.15) is 5.10 Å². The molecule has 0 aromatic carbocycles. The zero-order valence-corrected chi connectivity index (χ0v) is 11.7. The number of ether oxygens (including phenoxy) is 1. The van der Waals surface area contributed by atoms with Gasteiger partial charge in [0.25, 0.3) is 0 Å². The van der Waals surface area contributed by atoms with E-state index in [2.05, 4.69) is 15.0 Å². The third-order valence-corrected chi connectivity index (χ3v) is 3.47. The summed E-state index contributed by atoms with van der Waals surface area (Å²) >= 11 is 0. The molecule has 0 bridgehead atoms. The number of carbonyl (C=O) groups is 1. The highest BCUT2D eigenvalue weighted by Crippen LogP contribution is 2.30. The van der Waals surface area contributed by atoms with Gasteiger partial charge in [-0.3, -0.25) is 0 Å². The zero-order chi connectivity index (χ0) is 14.1. The van der Waals surface area contributed by atoms with Crippen molar-refractivity contribution in [2.24, 2.45) is 5.92 Å². The van der Waals surface area contributed by atoms with Gasteiger partial charge in [0.1, 0.15) is 11.4 Å². The molecule has 0 radical (unpaired) electrons. The van der Waals surface area contributed by atoms with Crippen molar-refractivity contribution >= 4 is 17.4 Å². The molecule has 106 valence electrons. The average Bonchev–Trinajstić information content (AvgIpc) is 3.15. The first-order valence-corrected chi connectivity index (χ1v) is 6.91. The molecule has 0 amide bonds. The third kappa shape index (κ3) is 2.45. The number of nitrogens with zero attached hydrogens (tertiary/aromatic N) is 4. The van der Waals surface area contributed by atoms with E-state index in [0.717, 1.165) is 18.3 Å². The number of hydrogen-bond acceptors (Lipinski definition) is 5. The number of rotatable bonds is 5. The third-order valence-electron chi connectivity index (χ3n) is 3.47. The summed E-state index contributed by atoms with van der Waals surface area (Å²) in [6.07, 6.45) is 5.93. The lowest BCUT2D eigenvalue weighted by Crippen LogP contribution is -2.21. The van der Waals surface area contributed by atoms with E-state index >= 15 is 0 Å². The molecule has 20 heavy (non-hydrogen) atoms. The summed E-state index contributed by atoms with van der Waals surface area (Å²) in [4.78, 5) is 18.5. The number of anilines is 1. The van der Waals surface area contributed by atoms with E-state index in [1.165, 1.54) is 19.0 Å². The van der Waals surface area contributed by atoms with Crippen LogP contribution in [0.5, 0.6) is 0 Å². The maximum Gasteiger partial charge on any atom is 0.343 e. The first-order valence-electron chi connectivity index (χ1n) is 6.91. The Bertz CT molecular complexity index is 633. The van der Waals surface area contributed by atoms with Gasteiger partial charge in [-0.05, 0) is 31.7 Å². The summed E-state index contributed by atoms with van der Waals surface area (Å²) < 4.78 is 6.62. The minimum absolute atomic E-state index is 0.345. The lowest BCUT2D eigenvalue weighted by Gasteiger charge is -2.17. The van der Waals surface area contributed by atoms with E-state index in [0.29, 0.717) is 17.8 Å². The Labute approximate surface area is 117 Å². The predicted molar refractivity (Wildman–Crippen MR) is 74.9 cm³/mol. The number of fused-ring (bicyclic) bond motifs is 1. The Morgan fingerprint density at radius 1 is 1.55 bits per heavy atom. The van der Waals surface area contributed by atoms with E-state index < -0.39 is 0 Å². The summed E-state index contributed by atoms with van der Waals surface area (Å²) in [6, 6.07) is 1.91. The molecule has 6 heteroatoms. The molecule has 0 aliphatic heterocycles. The van der Waals surface area contributed by atoms with Crippen molar-refractivity contribution in [2.75, 3.05) is 25.1 Å². The second-order valence-electron chi connectivity index (χ2n) is 5.16. The first kappa shape index (κ1) is 12.9. The first-order chi connectivity index (χ1) is 9.69. The SMILES string of the molecule is CCOC(=O)c1cnn2ccc(N(C)CC3CC3)nc12. The van der Waals surface area contributed by atoms with Crippen LogP contribution in [0.4, 0.5) is 5.82 Å². The molecule has 1 aliphatic rings. The molecule has 1 fully saturated rings. The molecular weight excluding hydrogens is 256 g/mol. The number of aromatic nitrogens is 3. The van der Waals surface area contributed by atoms with E-state index in [1.54, 1.807) is 11.4 Å². The maximum absolute atomic E-state index is 11.9. The molecule has 2 aromatic rings. The van der Waals surface area contributed by atoms with Crippen LogP contribution in [0, 0.1) is 5.92 Å². The van der Waals surface area contributed by atoms with Gasteiger partial charge >= 0.3 is 5.97 Å². The van der Waals surface area contributed by atoms with Gasteiger partial charge < -0.3 is 9.64 Å². The molecule has 1 saturated carbocycles. The average molecular weight is 274 g/mol. The molecule has 0 N–H and O–H groups in total. The standard InChI is InChI=1S/C14H18N4O2/c1-3-20-14(19)11-8-15-18-7-6-12(16-13(11)18)17(2)9-10-4-5-10/h6-8,10H,3-5,9H2,1-2H3. The monoisotopic (exact) mass is 274 g/mol. The van der Waals surface area contributed by atoms with Crippen molar-refractivity contribution in [3.05, 3.63) is 24.0 Å². The second kappa shape index (κ2) is 5.11. The predicted octanol–water partition coefficient (Wildman–Crippen LogP) is 1.75. The van der Waals surface area contributed by atoms with Gasteiger partial charge in [-0.15, -0.1) is 0 Å². The van der Waals surface area contributed by atoms with Crippen LogP contribution < -0.4 is 4.90 Å². The molecule has 6 nitrogen and oxygen atoms in total. The fourth-order valence-corrected chi connectivity index (χ4v) is 2.21. The van der Waals surface area contributed by atoms with Crippen molar-refractivity contribution in [1.82, 2.24) is 14.6 Å². The van der Waals surface area contributed by atoms with Gasteiger partial charge in [0, 0.05) is 19.8 Å². The van der Waals surface area contributed by atoms with Gasteiger partial charge in [0.15, 0.2) is 5.65 Å². The van der Waals surface area contributed by atoms with Crippen LogP contribution in [0.1, 0.15) is 30.1 Å². The smallest absolute Gasteiger partial charge is 0.343 e. The van der Waals surface area contributed by atoms with Crippen LogP contribution in [-0.4, -0.2) is 40.8 Å². The van der Waals surface area contributed by atoms with Gasteiger partial charge in [0.05, 0.1) is 12.8 Å². The summed E-state index contributed by atoms with van der Waals surface area (Å²) in [7, 11) is 2.03. The lowest BCUT2D eigenvalue weighted by molar-refractivity contribution is 0.0528. The molecule has 0 spiro atoms. The minimum atomic E-state index is -0.378. The molecular formula is C14H18N4O2. The van der Waals surface area contributed by atoms with Crippen LogP contribution >= 0.6 is 0 Å². The Morgan fingerprint density at radius 2 is 2.35 bits per heavy atom. The zero-order valence-electron chi connectivity index (χ0n) is 11.7. The normalized spacial score (nSPS) is 14.5. The fourth-order valence-electron chi connectivity index (χ4n) is 2.21. The van der Waals surface area contributed by atoms with Crippen LogP contribution in [0.2, 0.25) is 0 Å². The minimum Gasteiger partial charge on any atom is -0.462 e. The summed E-state index contributed by atoms with van der Waals surface area (Å²) in [6.45, 7) is 3.13. The van der Waals surface area contributed by atoms with E-state index in [4.69, 9.17) is 4.74 Å². The lowest BCUT2D eigenvalue weighted by atomic mass is 10.3. The summed E-state index contributed by atoms with van der Waals surface area (Å²) in [5.41, 5.74) is 0.956. The van der Waals surface area contributed by atoms with Crippen molar-refractivity contribution in [2.45, 2.75) is 19.8 Å². The highest BCUT2D eigenvalue weighted by atomic mass is 16.5. The van der Waals surface area contributed by atoms with Crippen LogP contribution in [0.25, 0.3) is 5.65 Å². The molecule has 2 heterocycles. The topological polar surface area (TPSA) is 59.7 Å². The molecule has 2 aromatic heterocycles. The van der Waals surface area contributed by atoms with Crippen molar-refractivity contribution in [3.63, 3.8) is 0 Å². The van der Waals surface area contributed by atoms with Crippen LogP contribution in [-0.2, 0) is 4.74 Å². The molecule has 0 atom stereocenters. The highest BCUT2D eigenvalue weighted by Gasteiger charge is 2.24. The molecule has 3 rings (SSSR count). The second-order valence-corrected chi connectivity index (χ2v) is 5.16. The number of hydrogen-bond donors (Lipinski definition) is 0. The largest absolute Gasteiger partial charge is 0.462 e.